The maximum atomic E-state index is 5.87. The zero-order chi connectivity index (χ0) is 11.5. The fraction of sp³-hybridized carbons (Fsp3) is 0.0909. The molecule has 1 aromatic carbocycles. The van der Waals surface area contributed by atoms with Crippen molar-refractivity contribution < 1.29 is 0 Å². The number of benzene rings is 1. The van der Waals surface area contributed by atoms with Gasteiger partial charge in [-0.3, -0.25) is 0 Å². The molecule has 1 aromatic heterocycles. The van der Waals surface area contributed by atoms with Crippen molar-refractivity contribution in [2.45, 2.75) is 6.42 Å². The number of hydrogen-bond acceptors (Lipinski definition) is 2. The second-order valence-electron chi connectivity index (χ2n) is 3.24. The molecule has 0 radical (unpaired) electrons. The van der Waals surface area contributed by atoms with E-state index < -0.39 is 0 Å². The summed E-state index contributed by atoms with van der Waals surface area (Å²) < 4.78 is 1.04. The van der Waals surface area contributed by atoms with Gasteiger partial charge in [-0.05, 0) is 17.7 Å². The molecule has 16 heavy (non-hydrogen) atoms. The van der Waals surface area contributed by atoms with Crippen LogP contribution in [0.2, 0.25) is 10.2 Å². The lowest BCUT2D eigenvalue weighted by Gasteiger charge is -2.03. The topological polar surface area (TPSA) is 25.8 Å². The molecule has 2 aromatic rings. The van der Waals surface area contributed by atoms with Crippen molar-refractivity contribution in [1.29, 1.82) is 0 Å². The monoisotopic (exact) mass is 316 g/mol. The number of nitrogens with zero attached hydrogens (tertiary/aromatic N) is 2. The van der Waals surface area contributed by atoms with Gasteiger partial charge in [0, 0.05) is 10.9 Å². The van der Waals surface area contributed by atoms with E-state index >= 15 is 0 Å². The lowest BCUT2D eigenvalue weighted by molar-refractivity contribution is 0.935. The molecule has 82 valence electrons. The molecule has 1 heterocycles. The summed E-state index contributed by atoms with van der Waals surface area (Å²) in [6.45, 7) is 0. The molecule has 0 unspecified atom stereocenters. The molecule has 2 rings (SSSR count). The lowest BCUT2D eigenvalue weighted by Crippen LogP contribution is -1.96. The Morgan fingerprint density at radius 3 is 2.56 bits per heavy atom. The molecule has 0 aliphatic heterocycles. The summed E-state index contributed by atoms with van der Waals surface area (Å²) in [6.07, 6.45) is 0.672. The van der Waals surface area contributed by atoms with Crippen LogP contribution in [0.5, 0.6) is 0 Å². The average molecular weight is 318 g/mol. The Hall–Kier alpha value is -0.640. The number of rotatable bonds is 2. The standard InChI is InChI=1S/C11H7BrCl2N2/c12-9-4-2-1-3-7(9)5-8-6-10(13)11(14)16-15-8/h1-4,6H,5H2. The van der Waals surface area contributed by atoms with Gasteiger partial charge in [-0.1, -0.05) is 57.3 Å². The highest BCUT2D eigenvalue weighted by atomic mass is 79.9. The van der Waals surface area contributed by atoms with Crippen molar-refractivity contribution in [3.05, 3.63) is 56.2 Å². The van der Waals surface area contributed by atoms with Crippen LogP contribution in [0, 0.1) is 0 Å². The highest BCUT2D eigenvalue weighted by Crippen LogP contribution is 2.22. The molecule has 0 aliphatic carbocycles. The van der Waals surface area contributed by atoms with Crippen molar-refractivity contribution in [2.24, 2.45) is 0 Å². The predicted molar refractivity (Wildman–Crippen MR) is 69.0 cm³/mol. The van der Waals surface area contributed by atoms with E-state index in [0.29, 0.717) is 11.4 Å². The zero-order valence-corrected chi connectivity index (χ0v) is 11.2. The van der Waals surface area contributed by atoms with Gasteiger partial charge in [-0.15, -0.1) is 5.10 Å². The Balaban J connectivity index is 2.28. The molecular formula is C11H7BrCl2N2. The molecule has 0 N–H and O–H groups in total. The second kappa shape index (κ2) is 5.13. The molecule has 0 amide bonds. The molecule has 0 spiro atoms. The van der Waals surface area contributed by atoms with Gasteiger partial charge < -0.3 is 0 Å². The van der Waals surface area contributed by atoms with E-state index in [-0.39, 0.29) is 5.15 Å². The van der Waals surface area contributed by atoms with E-state index in [1.807, 2.05) is 24.3 Å². The van der Waals surface area contributed by atoms with Crippen LogP contribution in [0.25, 0.3) is 0 Å². The Morgan fingerprint density at radius 2 is 1.88 bits per heavy atom. The molecule has 0 atom stereocenters. The van der Waals surface area contributed by atoms with Gasteiger partial charge in [0.15, 0.2) is 5.15 Å². The fourth-order valence-corrected chi connectivity index (χ4v) is 1.99. The quantitative estimate of drug-likeness (QED) is 0.832. The van der Waals surface area contributed by atoms with Crippen molar-refractivity contribution in [3.8, 4) is 0 Å². The normalized spacial score (nSPS) is 10.4. The first-order chi connectivity index (χ1) is 7.66. The van der Waals surface area contributed by atoms with E-state index in [1.54, 1.807) is 6.07 Å². The third kappa shape index (κ3) is 2.73. The van der Waals surface area contributed by atoms with Crippen molar-refractivity contribution in [3.63, 3.8) is 0 Å². The highest BCUT2D eigenvalue weighted by Gasteiger charge is 2.05. The van der Waals surface area contributed by atoms with Gasteiger partial charge in [-0.2, -0.15) is 5.10 Å². The van der Waals surface area contributed by atoms with Gasteiger partial charge in [0.25, 0.3) is 0 Å². The predicted octanol–water partition coefficient (Wildman–Crippen LogP) is 4.14. The van der Waals surface area contributed by atoms with E-state index in [2.05, 4.69) is 26.1 Å². The van der Waals surface area contributed by atoms with Gasteiger partial charge >= 0.3 is 0 Å². The van der Waals surface area contributed by atoms with Crippen LogP contribution in [0.15, 0.2) is 34.8 Å². The Morgan fingerprint density at radius 1 is 1.12 bits per heavy atom. The zero-order valence-electron chi connectivity index (χ0n) is 8.12. The van der Waals surface area contributed by atoms with Crippen LogP contribution in [0.1, 0.15) is 11.3 Å². The fourth-order valence-electron chi connectivity index (χ4n) is 1.31. The summed E-state index contributed by atoms with van der Waals surface area (Å²) in [6, 6.07) is 9.68. The number of aromatic nitrogens is 2. The third-order valence-electron chi connectivity index (χ3n) is 2.09. The summed E-state index contributed by atoms with van der Waals surface area (Å²) >= 11 is 15.1. The van der Waals surface area contributed by atoms with E-state index in [9.17, 15) is 0 Å². The minimum atomic E-state index is 0.234. The van der Waals surface area contributed by atoms with Crippen LogP contribution in [-0.4, -0.2) is 10.2 Å². The molecule has 2 nitrogen and oxygen atoms in total. The van der Waals surface area contributed by atoms with Crippen LogP contribution in [0.3, 0.4) is 0 Å². The second-order valence-corrected chi connectivity index (χ2v) is 4.86. The highest BCUT2D eigenvalue weighted by molar-refractivity contribution is 9.10. The summed E-state index contributed by atoms with van der Waals surface area (Å²) in [5, 5.41) is 8.42. The minimum Gasteiger partial charge on any atom is -0.154 e. The van der Waals surface area contributed by atoms with E-state index in [4.69, 9.17) is 23.2 Å². The molecular weight excluding hydrogens is 311 g/mol. The minimum absolute atomic E-state index is 0.234. The molecule has 0 aliphatic rings. The van der Waals surface area contributed by atoms with Gasteiger partial charge in [0.1, 0.15) is 0 Å². The molecule has 0 fully saturated rings. The van der Waals surface area contributed by atoms with Crippen molar-refractivity contribution >= 4 is 39.1 Å². The van der Waals surface area contributed by atoms with Crippen LogP contribution in [0.4, 0.5) is 0 Å². The summed E-state index contributed by atoms with van der Waals surface area (Å²) in [7, 11) is 0. The van der Waals surface area contributed by atoms with Crippen LogP contribution in [-0.2, 0) is 6.42 Å². The lowest BCUT2D eigenvalue weighted by atomic mass is 10.1. The molecule has 5 heteroatoms. The number of hydrogen-bond donors (Lipinski definition) is 0. The Labute approximate surface area is 112 Å². The Bertz CT molecular complexity index is 517. The van der Waals surface area contributed by atoms with Gasteiger partial charge in [-0.25, -0.2) is 0 Å². The van der Waals surface area contributed by atoms with Gasteiger partial charge in [0.05, 0.1) is 10.7 Å². The van der Waals surface area contributed by atoms with E-state index in [0.717, 1.165) is 15.7 Å². The number of halogens is 3. The summed E-state index contributed by atoms with van der Waals surface area (Å²) in [5.41, 5.74) is 1.93. The smallest absolute Gasteiger partial charge is 0.154 e. The summed E-state index contributed by atoms with van der Waals surface area (Å²) in [5.74, 6) is 0. The first-order valence-corrected chi connectivity index (χ1v) is 6.12. The van der Waals surface area contributed by atoms with Crippen molar-refractivity contribution in [2.75, 3.05) is 0 Å². The van der Waals surface area contributed by atoms with E-state index in [1.165, 1.54) is 0 Å². The van der Waals surface area contributed by atoms with Crippen LogP contribution < -0.4 is 0 Å². The molecule has 0 saturated heterocycles. The SMILES string of the molecule is Clc1cc(Cc2ccccc2Br)nnc1Cl. The average Bonchev–Trinajstić information content (AvgIpc) is 2.27. The molecule has 0 bridgehead atoms. The first-order valence-electron chi connectivity index (χ1n) is 4.58. The maximum Gasteiger partial charge on any atom is 0.170 e. The third-order valence-corrected chi connectivity index (χ3v) is 3.52. The maximum absolute atomic E-state index is 5.87. The first kappa shape index (κ1) is 11.8. The van der Waals surface area contributed by atoms with Crippen LogP contribution >= 0.6 is 39.1 Å². The summed E-state index contributed by atoms with van der Waals surface area (Å²) in [4.78, 5) is 0. The van der Waals surface area contributed by atoms with Crippen molar-refractivity contribution in [1.82, 2.24) is 10.2 Å². The molecule has 0 saturated carbocycles. The largest absolute Gasteiger partial charge is 0.170 e. The van der Waals surface area contributed by atoms with Gasteiger partial charge in [0.2, 0.25) is 0 Å². The Kier molecular flexibility index (Phi) is 3.79.